The highest BCUT2D eigenvalue weighted by molar-refractivity contribution is 7.90. The Bertz CT molecular complexity index is 1240. The second-order valence-electron chi connectivity index (χ2n) is 7.35. The molecule has 0 unspecified atom stereocenters. The van der Waals surface area contributed by atoms with Gasteiger partial charge in [-0.3, -0.25) is 9.79 Å². The Morgan fingerprint density at radius 1 is 1.25 bits per heavy atom. The van der Waals surface area contributed by atoms with Crippen LogP contribution >= 0.6 is 22.9 Å². The molecule has 9 nitrogen and oxygen atoms in total. The van der Waals surface area contributed by atoms with E-state index in [4.69, 9.17) is 22.1 Å². The highest BCUT2D eigenvalue weighted by Crippen LogP contribution is 2.31. The number of nitrogens with two attached hydrogens (primary N) is 1. The second kappa shape index (κ2) is 12.6. The van der Waals surface area contributed by atoms with Crippen molar-refractivity contribution in [1.29, 1.82) is 0 Å². The maximum atomic E-state index is 13.2. The number of halogens is 4. The molecule has 0 fully saturated rings. The minimum Gasteiger partial charge on any atom is -0.463 e. The largest absolute Gasteiger partial charge is 0.463 e. The van der Waals surface area contributed by atoms with Crippen LogP contribution in [0.2, 0.25) is 0 Å². The Hall–Kier alpha value is -2.55. The summed E-state index contributed by atoms with van der Waals surface area (Å²) in [6, 6.07) is 5.80. The van der Waals surface area contributed by atoms with Gasteiger partial charge in [0, 0.05) is 18.4 Å². The summed E-state index contributed by atoms with van der Waals surface area (Å²) in [5, 5.41) is 6.85. The fraction of sp³-hybridized carbons (Fsp3) is 0.429. The second-order valence-corrected chi connectivity index (χ2v) is 10.7. The molecule has 0 aliphatic carbocycles. The Balaban J connectivity index is 2.37. The number of aliphatic imine (C=N–C) groups is 1. The zero-order chi connectivity index (χ0) is 27.1. The lowest BCUT2D eigenvalue weighted by atomic mass is 10.2. The topological polar surface area (TPSA) is 128 Å². The van der Waals surface area contributed by atoms with Gasteiger partial charge in [-0.1, -0.05) is 48.9 Å². The third-order valence-electron chi connectivity index (χ3n) is 4.82. The molecule has 2 N–H and O–H groups in total. The molecule has 0 saturated heterocycles. The van der Waals surface area contributed by atoms with E-state index in [1.165, 1.54) is 18.2 Å². The molecule has 0 bridgehead atoms. The number of hydrogen-bond acceptors (Lipinski definition) is 10. The van der Waals surface area contributed by atoms with Gasteiger partial charge in [-0.25, -0.2) is 8.42 Å². The lowest BCUT2D eigenvalue weighted by molar-refractivity contribution is -0.142. The average Bonchev–Trinajstić information content (AvgIpc) is 3.30. The molecule has 0 atom stereocenters. The van der Waals surface area contributed by atoms with Crippen molar-refractivity contribution in [2.24, 2.45) is 10.7 Å². The van der Waals surface area contributed by atoms with E-state index in [-0.39, 0.29) is 21.5 Å². The van der Waals surface area contributed by atoms with E-state index in [2.05, 4.69) is 15.2 Å². The van der Waals surface area contributed by atoms with Gasteiger partial charge in [-0.2, -0.15) is 13.2 Å². The summed E-state index contributed by atoms with van der Waals surface area (Å²) < 4.78 is 68.4. The molecule has 0 saturated carbocycles. The summed E-state index contributed by atoms with van der Waals surface area (Å²) in [5.74, 6) is -0.778. The van der Waals surface area contributed by atoms with Gasteiger partial charge in [0.05, 0.1) is 9.93 Å². The number of aromatic nitrogens is 2. The van der Waals surface area contributed by atoms with Crippen molar-refractivity contribution in [2.45, 2.75) is 24.9 Å². The van der Waals surface area contributed by atoms with E-state index in [1.807, 2.05) is 18.7 Å². The quantitative estimate of drug-likeness (QED) is 0.324. The van der Waals surface area contributed by atoms with Crippen LogP contribution < -0.4 is 5.73 Å². The number of ether oxygens (including phenoxy) is 1. The number of benzene rings is 1. The third kappa shape index (κ3) is 8.25. The van der Waals surface area contributed by atoms with Crippen LogP contribution in [0.5, 0.6) is 0 Å². The van der Waals surface area contributed by atoms with E-state index in [1.54, 1.807) is 6.07 Å². The van der Waals surface area contributed by atoms with Crippen LogP contribution in [0.15, 0.2) is 44.9 Å². The van der Waals surface area contributed by atoms with Gasteiger partial charge in [0.25, 0.3) is 0 Å². The predicted octanol–water partition coefficient (Wildman–Crippen LogP) is 3.25. The van der Waals surface area contributed by atoms with Crippen molar-refractivity contribution in [3.05, 3.63) is 40.0 Å². The van der Waals surface area contributed by atoms with Gasteiger partial charge in [0.2, 0.25) is 0 Å². The van der Waals surface area contributed by atoms with Crippen molar-refractivity contribution < 1.29 is 31.1 Å². The molecule has 0 amide bonds. The molecular formula is C21H25ClF3N5O4S2. The first-order chi connectivity index (χ1) is 16.8. The summed E-state index contributed by atoms with van der Waals surface area (Å²) in [4.78, 5) is 18.1. The Morgan fingerprint density at radius 3 is 2.50 bits per heavy atom. The number of alkyl halides is 3. The van der Waals surface area contributed by atoms with Gasteiger partial charge >= 0.3 is 12.1 Å². The lowest BCUT2D eigenvalue weighted by Crippen LogP contribution is -2.28. The Labute approximate surface area is 215 Å². The molecule has 1 heterocycles. The Morgan fingerprint density at radius 2 is 1.92 bits per heavy atom. The number of allylic oxidation sites excluding steroid dienone is 2. The molecule has 0 radical (unpaired) electrons. The fourth-order valence-electron chi connectivity index (χ4n) is 2.80. The normalized spacial score (nSPS) is 13.6. The van der Waals surface area contributed by atoms with Gasteiger partial charge in [-0.05, 0) is 25.2 Å². The van der Waals surface area contributed by atoms with Crippen molar-refractivity contribution >= 4 is 44.5 Å². The molecule has 0 aliphatic rings. The van der Waals surface area contributed by atoms with Crippen molar-refractivity contribution in [3.63, 3.8) is 0 Å². The summed E-state index contributed by atoms with van der Waals surface area (Å²) >= 11 is 6.73. The van der Waals surface area contributed by atoms with E-state index < -0.39 is 45.0 Å². The van der Waals surface area contributed by atoms with Crippen molar-refractivity contribution in [1.82, 2.24) is 15.1 Å². The van der Waals surface area contributed by atoms with Crippen LogP contribution in [-0.2, 0) is 19.4 Å². The Kier molecular flexibility index (Phi) is 10.4. The standard InChI is InChI=1S/C21H25ClF3N5O4S2/c1-4-30(5-2)9-10-34-15(31)12-27-17(16(22)18(26)21(23,24)25)20-29-28-19(35-20)13-7-6-8-14(11-13)36(3,32)33/h6-8,11H,4-5,9-10,12,26H2,1-3H3/b18-16+,27-17?. The molecule has 2 rings (SSSR count). The number of sulfone groups is 1. The molecule has 2 aromatic rings. The monoisotopic (exact) mass is 567 g/mol. The maximum absolute atomic E-state index is 13.2. The minimum atomic E-state index is -4.96. The van der Waals surface area contributed by atoms with Crippen LogP contribution in [0, 0.1) is 0 Å². The SMILES string of the molecule is CCN(CC)CCOC(=O)CN=C(/C(Cl)=C(\N)C(F)(F)F)c1nnc(-c2cccc(S(C)(=O)=O)c2)s1. The number of rotatable bonds is 11. The molecule has 1 aromatic carbocycles. The fourth-order valence-corrected chi connectivity index (χ4v) is 4.63. The highest BCUT2D eigenvalue weighted by atomic mass is 35.5. The summed E-state index contributed by atoms with van der Waals surface area (Å²) in [6.45, 7) is 5.37. The number of likely N-dealkylation sites (N-methyl/N-ethyl adjacent to an activating group) is 1. The summed E-state index contributed by atoms with van der Waals surface area (Å²) in [7, 11) is -3.51. The summed E-state index contributed by atoms with van der Waals surface area (Å²) in [6.07, 6.45) is -3.92. The van der Waals surface area contributed by atoms with E-state index in [9.17, 15) is 26.4 Å². The zero-order valence-electron chi connectivity index (χ0n) is 19.7. The number of carbonyl (C=O) groups is 1. The van der Waals surface area contributed by atoms with Crippen LogP contribution in [0.1, 0.15) is 18.9 Å². The smallest absolute Gasteiger partial charge is 0.432 e. The van der Waals surface area contributed by atoms with Crippen LogP contribution in [0.25, 0.3) is 10.6 Å². The number of carbonyl (C=O) groups excluding carboxylic acids is 1. The van der Waals surface area contributed by atoms with Gasteiger partial charge in [0.15, 0.2) is 14.8 Å². The van der Waals surface area contributed by atoms with E-state index in [0.717, 1.165) is 30.7 Å². The van der Waals surface area contributed by atoms with E-state index in [0.29, 0.717) is 12.1 Å². The molecule has 1 aromatic heterocycles. The van der Waals surface area contributed by atoms with Crippen LogP contribution in [0.3, 0.4) is 0 Å². The molecule has 198 valence electrons. The van der Waals surface area contributed by atoms with Crippen molar-refractivity contribution in [3.8, 4) is 10.6 Å². The first kappa shape index (κ1) is 29.7. The highest BCUT2D eigenvalue weighted by Gasteiger charge is 2.36. The molecule has 0 spiro atoms. The third-order valence-corrected chi connectivity index (χ3v) is 7.29. The predicted molar refractivity (Wildman–Crippen MR) is 132 cm³/mol. The maximum Gasteiger partial charge on any atom is 0.432 e. The van der Waals surface area contributed by atoms with Crippen LogP contribution in [-0.4, -0.2) is 80.4 Å². The number of nitrogens with zero attached hydrogens (tertiary/aromatic N) is 4. The molecule has 36 heavy (non-hydrogen) atoms. The van der Waals surface area contributed by atoms with Gasteiger partial charge in [-0.15, -0.1) is 10.2 Å². The number of hydrogen-bond donors (Lipinski definition) is 1. The molecule has 15 heteroatoms. The molecule has 0 aliphatic heterocycles. The van der Waals surface area contributed by atoms with Crippen LogP contribution in [0.4, 0.5) is 13.2 Å². The first-order valence-electron chi connectivity index (χ1n) is 10.6. The zero-order valence-corrected chi connectivity index (χ0v) is 22.1. The minimum absolute atomic E-state index is 0.0253. The first-order valence-corrected chi connectivity index (χ1v) is 13.7. The summed E-state index contributed by atoms with van der Waals surface area (Å²) in [5.41, 5.74) is 3.43. The molecular weight excluding hydrogens is 543 g/mol. The average molecular weight is 568 g/mol. The van der Waals surface area contributed by atoms with Gasteiger partial charge in [0.1, 0.15) is 29.6 Å². The van der Waals surface area contributed by atoms with E-state index >= 15 is 0 Å². The number of esters is 1. The van der Waals surface area contributed by atoms with Crippen molar-refractivity contribution in [2.75, 3.05) is 39.0 Å². The van der Waals surface area contributed by atoms with Gasteiger partial charge < -0.3 is 15.4 Å². The lowest BCUT2D eigenvalue weighted by Gasteiger charge is -2.17.